The van der Waals surface area contributed by atoms with Crippen molar-refractivity contribution in [3.63, 3.8) is 0 Å². The van der Waals surface area contributed by atoms with Crippen LogP contribution in [0.5, 0.6) is 0 Å². The van der Waals surface area contributed by atoms with Crippen molar-refractivity contribution in [2.75, 3.05) is 0 Å². The van der Waals surface area contributed by atoms with Crippen LogP contribution in [0.4, 0.5) is 13.2 Å². The number of rotatable bonds is 2. The number of benzene rings is 1. The smallest absolute Gasteiger partial charge is 0.221 e. The van der Waals surface area contributed by atoms with Crippen molar-refractivity contribution in [2.24, 2.45) is 0 Å². The van der Waals surface area contributed by atoms with Gasteiger partial charge in [-0.05, 0) is 24.3 Å². The normalized spacial score (nSPS) is 13.1. The van der Waals surface area contributed by atoms with E-state index in [2.05, 4.69) is 0 Å². The van der Waals surface area contributed by atoms with Crippen LogP contribution in [-0.4, -0.2) is 12.6 Å². The van der Waals surface area contributed by atoms with Gasteiger partial charge in [-0.15, -0.1) is 0 Å². The summed E-state index contributed by atoms with van der Waals surface area (Å²) in [6, 6.07) is 2.94. The lowest BCUT2D eigenvalue weighted by atomic mass is 10.2. The highest BCUT2D eigenvalue weighted by molar-refractivity contribution is 7.94. The van der Waals surface area contributed by atoms with E-state index < -0.39 is 25.7 Å². The van der Waals surface area contributed by atoms with Crippen molar-refractivity contribution in [1.82, 2.24) is 0 Å². The Labute approximate surface area is 99.9 Å². The van der Waals surface area contributed by atoms with Gasteiger partial charge in [-0.2, -0.15) is 13.2 Å². The molecular formula is C8H5Cl2F3O2S. The summed E-state index contributed by atoms with van der Waals surface area (Å²) in [5.41, 5.74) is -0.938. The standard InChI is InChI=1S/C8H5Cl2F3O2S/c9-7(10)16(14,15)6-3-1-5(2-4-6)8(11,12)13/h1-4,7H. The molecule has 0 spiro atoms. The Morgan fingerprint density at radius 2 is 1.50 bits per heavy atom. The molecule has 0 aliphatic heterocycles. The molecule has 0 radical (unpaired) electrons. The van der Waals surface area contributed by atoms with Gasteiger partial charge in [0.1, 0.15) is 0 Å². The van der Waals surface area contributed by atoms with E-state index in [-0.39, 0.29) is 4.90 Å². The van der Waals surface area contributed by atoms with Gasteiger partial charge in [-0.25, -0.2) is 8.42 Å². The molecule has 0 N–H and O–H groups in total. The second-order valence-electron chi connectivity index (χ2n) is 2.83. The van der Waals surface area contributed by atoms with Crippen LogP contribution < -0.4 is 0 Å². The van der Waals surface area contributed by atoms with E-state index in [9.17, 15) is 21.6 Å². The monoisotopic (exact) mass is 292 g/mol. The Morgan fingerprint density at radius 1 is 1.06 bits per heavy atom. The number of hydrogen-bond acceptors (Lipinski definition) is 2. The van der Waals surface area contributed by atoms with Gasteiger partial charge < -0.3 is 0 Å². The maximum Gasteiger partial charge on any atom is 0.416 e. The molecule has 90 valence electrons. The molecule has 1 aromatic carbocycles. The van der Waals surface area contributed by atoms with Gasteiger partial charge in [0.2, 0.25) is 14.0 Å². The molecule has 0 aliphatic carbocycles. The molecule has 1 aromatic rings. The molecule has 0 atom stereocenters. The number of hydrogen-bond donors (Lipinski definition) is 0. The van der Waals surface area contributed by atoms with Gasteiger partial charge in [-0.1, -0.05) is 23.2 Å². The quantitative estimate of drug-likeness (QED) is 0.784. The number of halogens is 5. The van der Waals surface area contributed by atoms with Gasteiger partial charge >= 0.3 is 6.18 Å². The molecule has 0 heterocycles. The van der Waals surface area contributed by atoms with Crippen molar-refractivity contribution in [1.29, 1.82) is 0 Å². The van der Waals surface area contributed by atoms with Crippen LogP contribution in [-0.2, 0) is 16.0 Å². The average Bonchev–Trinajstić information content (AvgIpc) is 2.16. The lowest BCUT2D eigenvalue weighted by Crippen LogP contribution is -2.10. The highest BCUT2D eigenvalue weighted by Gasteiger charge is 2.31. The Balaban J connectivity index is 3.15. The van der Waals surface area contributed by atoms with Gasteiger partial charge in [0, 0.05) is 0 Å². The van der Waals surface area contributed by atoms with E-state index in [1.807, 2.05) is 0 Å². The summed E-state index contributed by atoms with van der Waals surface area (Å²) < 4.78 is 57.5. The van der Waals surface area contributed by atoms with Gasteiger partial charge in [0.25, 0.3) is 0 Å². The summed E-state index contributed by atoms with van der Waals surface area (Å²) in [4.78, 5) is -0.351. The van der Waals surface area contributed by atoms with Crippen molar-refractivity contribution in [3.8, 4) is 0 Å². The Morgan fingerprint density at radius 3 is 1.81 bits per heavy atom. The van der Waals surface area contributed by atoms with Crippen LogP contribution in [0.1, 0.15) is 5.56 Å². The fraction of sp³-hybridized carbons (Fsp3) is 0.250. The highest BCUT2D eigenvalue weighted by atomic mass is 35.5. The summed E-state index contributed by atoms with van der Waals surface area (Å²) in [7, 11) is -3.98. The van der Waals surface area contributed by atoms with Gasteiger partial charge in [0.15, 0.2) is 0 Å². The summed E-state index contributed by atoms with van der Waals surface area (Å²) >= 11 is 10.4. The lowest BCUT2D eigenvalue weighted by Gasteiger charge is -2.08. The first-order valence-corrected chi connectivity index (χ1v) is 6.27. The number of alkyl halides is 5. The minimum Gasteiger partial charge on any atom is -0.221 e. The second-order valence-corrected chi connectivity index (χ2v) is 6.47. The molecule has 0 aliphatic rings. The second kappa shape index (κ2) is 4.43. The number of sulfone groups is 1. The third-order valence-electron chi connectivity index (χ3n) is 1.74. The predicted octanol–water partition coefficient (Wildman–Crippen LogP) is 3.24. The molecular weight excluding hydrogens is 288 g/mol. The molecule has 2 nitrogen and oxygen atoms in total. The van der Waals surface area contributed by atoms with E-state index >= 15 is 0 Å². The molecule has 0 saturated heterocycles. The molecule has 0 amide bonds. The summed E-state index contributed by atoms with van der Waals surface area (Å²) in [6.45, 7) is 0. The lowest BCUT2D eigenvalue weighted by molar-refractivity contribution is -0.137. The molecule has 0 unspecified atom stereocenters. The minimum atomic E-state index is -4.51. The maximum absolute atomic E-state index is 12.2. The average molecular weight is 293 g/mol. The first-order chi connectivity index (χ1) is 7.15. The predicted molar refractivity (Wildman–Crippen MR) is 54.1 cm³/mol. The third kappa shape index (κ3) is 2.81. The van der Waals surface area contributed by atoms with Crippen molar-refractivity contribution in [3.05, 3.63) is 29.8 Å². The minimum absolute atomic E-state index is 0.351. The molecule has 0 bridgehead atoms. The van der Waals surface area contributed by atoms with E-state index in [1.165, 1.54) is 0 Å². The first kappa shape index (κ1) is 13.6. The van der Waals surface area contributed by atoms with E-state index in [4.69, 9.17) is 23.2 Å². The Kier molecular flexibility index (Phi) is 3.76. The fourth-order valence-electron chi connectivity index (χ4n) is 0.936. The molecule has 1 rings (SSSR count). The summed E-state index contributed by atoms with van der Waals surface area (Å²) in [5, 5.41) is 0. The summed E-state index contributed by atoms with van der Waals surface area (Å²) in [5.74, 6) is 0. The largest absolute Gasteiger partial charge is 0.416 e. The first-order valence-electron chi connectivity index (χ1n) is 3.85. The fourth-order valence-corrected chi connectivity index (χ4v) is 2.27. The van der Waals surface area contributed by atoms with Crippen LogP contribution >= 0.6 is 23.2 Å². The van der Waals surface area contributed by atoms with Crippen molar-refractivity contribution < 1.29 is 21.6 Å². The maximum atomic E-state index is 12.2. The zero-order chi connectivity index (χ0) is 12.6. The Bertz CT molecular complexity index is 465. The zero-order valence-corrected chi connectivity index (χ0v) is 9.83. The van der Waals surface area contributed by atoms with Crippen LogP contribution in [0.3, 0.4) is 0 Å². The van der Waals surface area contributed by atoms with Crippen LogP contribution in [0.25, 0.3) is 0 Å². The van der Waals surface area contributed by atoms with Crippen LogP contribution in [0.2, 0.25) is 0 Å². The van der Waals surface area contributed by atoms with E-state index in [1.54, 1.807) is 0 Å². The van der Waals surface area contributed by atoms with E-state index in [0.29, 0.717) is 12.1 Å². The zero-order valence-electron chi connectivity index (χ0n) is 7.50. The molecule has 0 saturated carbocycles. The SMILES string of the molecule is O=S(=O)(c1ccc(C(F)(F)F)cc1)C(Cl)Cl. The van der Waals surface area contributed by atoms with Crippen LogP contribution in [0.15, 0.2) is 29.2 Å². The third-order valence-corrected chi connectivity index (χ3v) is 4.55. The van der Waals surface area contributed by atoms with Crippen molar-refractivity contribution in [2.45, 2.75) is 15.2 Å². The van der Waals surface area contributed by atoms with E-state index in [0.717, 1.165) is 12.1 Å². The topological polar surface area (TPSA) is 34.1 Å². The molecule has 16 heavy (non-hydrogen) atoms. The van der Waals surface area contributed by atoms with Crippen molar-refractivity contribution >= 4 is 33.0 Å². The Hall–Kier alpha value is -0.460. The molecule has 0 aromatic heterocycles. The summed E-state index contributed by atoms with van der Waals surface area (Å²) in [6.07, 6.45) is -4.51. The molecule has 0 fully saturated rings. The highest BCUT2D eigenvalue weighted by Crippen LogP contribution is 2.30. The molecule has 8 heteroatoms. The van der Waals surface area contributed by atoms with Gasteiger partial charge in [0.05, 0.1) is 10.5 Å². The van der Waals surface area contributed by atoms with Crippen LogP contribution in [0, 0.1) is 0 Å². The van der Waals surface area contributed by atoms with Gasteiger partial charge in [-0.3, -0.25) is 0 Å².